The molecule has 1 N–H and O–H groups in total. The lowest BCUT2D eigenvalue weighted by Crippen LogP contribution is -2.52. The zero-order valence-corrected chi connectivity index (χ0v) is 14.5. The Balaban J connectivity index is 1.50. The number of ether oxygens (including phenoxy) is 2. The van der Waals surface area contributed by atoms with E-state index < -0.39 is 0 Å². The van der Waals surface area contributed by atoms with Crippen molar-refractivity contribution in [3.05, 3.63) is 29.8 Å². The summed E-state index contributed by atoms with van der Waals surface area (Å²) >= 11 is 0. The van der Waals surface area contributed by atoms with Crippen LogP contribution in [0, 0.1) is 0 Å². The quantitative estimate of drug-likeness (QED) is 0.860. The van der Waals surface area contributed by atoms with E-state index in [9.17, 15) is 4.79 Å². The Kier molecular flexibility index (Phi) is 5.71. The molecule has 6 nitrogen and oxygen atoms in total. The highest BCUT2D eigenvalue weighted by atomic mass is 16.5. The Morgan fingerprint density at radius 2 is 1.96 bits per heavy atom. The Morgan fingerprint density at radius 1 is 1.21 bits per heavy atom. The van der Waals surface area contributed by atoms with Gasteiger partial charge in [-0.1, -0.05) is 18.2 Å². The number of nitrogens with zero attached hydrogens (tertiary/aromatic N) is 2. The van der Waals surface area contributed by atoms with Crippen LogP contribution < -0.4 is 10.1 Å². The molecule has 2 atom stereocenters. The summed E-state index contributed by atoms with van der Waals surface area (Å²) in [5, 5.41) is 3.27. The van der Waals surface area contributed by atoms with Gasteiger partial charge < -0.3 is 19.7 Å². The highest BCUT2D eigenvalue weighted by Gasteiger charge is 2.33. The highest BCUT2D eigenvalue weighted by Crippen LogP contribution is 2.20. The van der Waals surface area contributed by atoms with Gasteiger partial charge in [-0.3, -0.25) is 9.69 Å². The standard InChI is InChI=1S/C18H27N3O3/c1-23-15-11-16(19-12-15)18(22)21-9-7-20(8-10-21)13-14-5-3-4-6-17(14)24-2/h3-6,15-16,19H,7-13H2,1-2H3/t15-,16-/m0/s1. The molecule has 2 fully saturated rings. The predicted molar refractivity (Wildman–Crippen MR) is 92.1 cm³/mol. The number of rotatable bonds is 5. The Morgan fingerprint density at radius 3 is 2.62 bits per heavy atom. The number of para-hydroxylation sites is 1. The average molecular weight is 333 g/mol. The minimum Gasteiger partial charge on any atom is -0.496 e. The van der Waals surface area contributed by atoms with Crippen LogP contribution in [0.1, 0.15) is 12.0 Å². The largest absolute Gasteiger partial charge is 0.496 e. The Bertz CT molecular complexity index is 558. The first-order chi connectivity index (χ1) is 11.7. The molecule has 2 heterocycles. The smallest absolute Gasteiger partial charge is 0.239 e. The van der Waals surface area contributed by atoms with E-state index in [-0.39, 0.29) is 18.1 Å². The molecule has 0 aromatic heterocycles. The first-order valence-electron chi connectivity index (χ1n) is 8.60. The molecular formula is C18H27N3O3. The van der Waals surface area contributed by atoms with Crippen molar-refractivity contribution < 1.29 is 14.3 Å². The fraction of sp³-hybridized carbons (Fsp3) is 0.611. The van der Waals surface area contributed by atoms with Crippen LogP contribution in [0.4, 0.5) is 0 Å². The molecule has 132 valence electrons. The van der Waals surface area contributed by atoms with Crippen molar-refractivity contribution in [3.8, 4) is 5.75 Å². The molecule has 0 saturated carbocycles. The summed E-state index contributed by atoms with van der Waals surface area (Å²) in [6.45, 7) is 4.97. The van der Waals surface area contributed by atoms with Crippen LogP contribution in [0.15, 0.2) is 24.3 Å². The van der Waals surface area contributed by atoms with Gasteiger partial charge in [0.05, 0.1) is 19.3 Å². The molecule has 2 saturated heterocycles. The minimum absolute atomic E-state index is 0.0873. The molecule has 1 aromatic rings. The highest BCUT2D eigenvalue weighted by molar-refractivity contribution is 5.82. The predicted octanol–water partition coefficient (Wildman–Crippen LogP) is 0.716. The lowest BCUT2D eigenvalue weighted by atomic mass is 10.1. The van der Waals surface area contributed by atoms with Gasteiger partial charge >= 0.3 is 0 Å². The van der Waals surface area contributed by atoms with E-state index in [1.54, 1.807) is 14.2 Å². The van der Waals surface area contributed by atoms with E-state index in [1.165, 1.54) is 5.56 Å². The number of nitrogens with one attached hydrogen (secondary N) is 1. The number of piperazine rings is 1. The van der Waals surface area contributed by atoms with Crippen molar-refractivity contribution in [3.63, 3.8) is 0 Å². The van der Waals surface area contributed by atoms with Gasteiger partial charge in [0, 0.05) is 51.9 Å². The molecule has 3 rings (SSSR count). The van der Waals surface area contributed by atoms with E-state index in [1.807, 2.05) is 23.1 Å². The van der Waals surface area contributed by atoms with Gasteiger partial charge in [0.15, 0.2) is 0 Å². The number of amides is 1. The fourth-order valence-electron chi connectivity index (χ4n) is 3.49. The van der Waals surface area contributed by atoms with Crippen LogP contribution >= 0.6 is 0 Å². The van der Waals surface area contributed by atoms with Crippen molar-refractivity contribution in [2.45, 2.75) is 25.1 Å². The zero-order chi connectivity index (χ0) is 16.9. The van der Waals surface area contributed by atoms with Gasteiger partial charge in [0.2, 0.25) is 5.91 Å². The van der Waals surface area contributed by atoms with E-state index in [0.717, 1.165) is 51.4 Å². The van der Waals surface area contributed by atoms with Gasteiger partial charge in [-0.2, -0.15) is 0 Å². The number of hydrogen-bond acceptors (Lipinski definition) is 5. The molecular weight excluding hydrogens is 306 g/mol. The molecule has 1 amide bonds. The molecule has 6 heteroatoms. The monoisotopic (exact) mass is 333 g/mol. The SMILES string of the molecule is COc1ccccc1CN1CCN(C(=O)[C@@H]2C[C@H](OC)CN2)CC1. The Hall–Kier alpha value is -1.63. The first-order valence-corrected chi connectivity index (χ1v) is 8.60. The minimum atomic E-state index is -0.0873. The molecule has 0 radical (unpaired) electrons. The van der Waals surface area contributed by atoms with E-state index in [0.29, 0.717) is 0 Å². The summed E-state index contributed by atoms with van der Waals surface area (Å²) in [6.07, 6.45) is 0.933. The molecule has 0 bridgehead atoms. The van der Waals surface area contributed by atoms with Crippen molar-refractivity contribution in [2.24, 2.45) is 0 Å². The molecule has 0 aliphatic carbocycles. The topological polar surface area (TPSA) is 54.0 Å². The third kappa shape index (κ3) is 3.88. The maximum Gasteiger partial charge on any atom is 0.239 e. The van der Waals surface area contributed by atoms with Crippen molar-refractivity contribution >= 4 is 5.91 Å². The molecule has 0 unspecified atom stereocenters. The number of hydrogen-bond donors (Lipinski definition) is 1. The number of carbonyl (C=O) groups excluding carboxylic acids is 1. The maximum absolute atomic E-state index is 12.6. The van der Waals surface area contributed by atoms with Crippen LogP contribution in [0.25, 0.3) is 0 Å². The maximum atomic E-state index is 12.6. The van der Waals surface area contributed by atoms with Gasteiger partial charge in [0.1, 0.15) is 5.75 Å². The molecule has 2 aliphatic heterocycles. The first kappa shape index (κ1) is 17.2. The normalized spacial score (nSPS) is 25.0. The number of carbonyl (C=O) groups is 1. The lowest BCUT2D eigenvalue weighted by molar-refractivity contribution is -0.135. The van der Waals surface area contributed by atoms with Gasteiger partial charge in [-0.25, -0.2) is 0 Å². The van der Waals surface area contributed by atoms with E-state index in [2.05, 4.69) is 16.3 Å². The van der Waals surface area contributed by atoms with Gasteiger partial charge in [-0.05, 0) is 12.5 Å². The van der Waals surface area contributed by atoms with Gasteiger partial charge in [-0.15, -0.1) is 0 Å². The number of benzene rings is 1. The van der Waals surface area contributed by atoms with Gasteiger partial charge in [0.25, 0.3) is 0 Å². The summed E-state index contributed by atoms with van der Waals surface area (Å²) < 4.78 is 10.8. The summed E-state index contributed by atoms with van der Waals surface area (Å²) in [4.78, 5) is 17.0. The summed E-state index contributed by atoms with van der Waals surface area (Å²) in [6, 6.07) is 8.03. The van der Waals surface area contributed by atoms with Crippen molar-refractivity contribution in [1.82, 2.24) is 15.1 Å². The van der Waals surface area contributed by atoms with Crippen LogP contribution in [0.2, 0.25) is 0 Å². The van der Waals surface area contributed by atoms with E-state index >= 15 is 0 Å². The summed E-state index contributed by atoms with van der Waals surface area (Å²) in [7, 11) is 3.41. The van der Waals surface area contributed by atoms with Crippen LogP contribution in [0.5, 0.6) is 5.75 Å². The third-order valence-corrected chi connectivity index (χ3v) is 4.99. The second-order valence-electron chi connectivity index (χ2n) is 6.47. The number of methoxy groups -OCH3 is 2. The van der Waals surface area contributed by atoms with Crippen molar-refractivity contribution in [1.29, 1.82) is 0 Å². The van der Waals surface area contributed by atoms with Crippen molar-refractivity contribution in [2.75, 3.05) is 46.9 Å². The molecule has 1 aromatic carbocycles. The van der Waals surface area contributed by atoms with Crippen LogP contribution in [-0.2, 0) is 16.1 Å². The van der Waals surface area contributed by atoms with E-state index in [4.69, 9.17) is 9.47 Å². The third-order valence-electron chi connectivity index (χ3n) is 4.99. The van der Waals surface area contributed by atoms with Crippen LogP contribution in [-0.4, -0.2) is 74.8 Å². The second kappa shape index (κ2) is 7.96. The Labute approximate surface area is 143 Å². The van der Waals surface area contributed by atoms with Crippen LogP contribution in [0.3, 0.4) is 0 Å². The molecule has 24 heavy (non-hydrogen) atoms. The lowest BCUT2D eigenvalue weighted by Gasteiger charge is -2.36. The molecule has 2 aliphatic rings. The summed E-state index contributed by atoms with van der Waals surface area (Å²) in [5.41, 5.74) is 1.19. The fourth-order valence-corrected chi connectivity index (χ4v) is 3.49. The molecule has 0 spiro atoms. The summed E-state index contributed by atoms with van der Waals surface area (Å²) in [5.74, 6) is 1.14. The zero-order valence-electron chi connectivity index (χ0n) is 14.5. The average Bonchev–Trinajstić information content (AvgIpc) is 3.11. The second-order valence-corrected chi connectivity index (χ2v) is 6.47.